The average molecular weight is 609 g/mol. The molecule has 236 valence electrons. The Morgan fingerprint density at radius 3 is 2.59 bits per heavy atom. The highest BCUT2D eigenvalue weighted by Crippen LogP contribution is 2.50. The third-order valence-corrected chi connectivity index (χ3v) is 9.88. The van der Waals surface area contributed by atoms with Gasteiger partial charge in [0.15, 0.2) is 0 Å². The standard InChI is InChI=1S/C35H43F3N4O2/c1-4-24-20-42(30-12-8-14-32(43-3)33(30)35(36,37)38)19-17-34(24)23-41(21-25-10-9-18-39-25)22-29-27(34)15-16-28(40-29)26-11-6-7-13-31(26)44-5-2/h6-8,11-16,24-25,39H,4-5,9-10,17-23H2,1-3H3/t24-,25-,34+/m1/s1. The van der Waals surface area contributed by atoms with E-state index in [2.05, 4.69) is 35.3 Å². The lowest BCUT2D eigenvalue weighted by atomic mass is 9.62. The van der Waals surface area contributed by atoms with Gasteiger partial charge in [-0.05, 0) is 74.5 Å². The van der Waals surface area contributed by atoms with Gasteiger partial charge in [-0.3, -0.25) is 9.88 Å². The first-order valence-corrected chi connectivity index (χ1v) is 15.9. The summed E-state index contributed by atoms with van der Waals surface area (Å²) in [4.78, 5) is 9.77. The molecule has 3 aliphatic rings. The van der Waals surface area contributed by atoms with Crippen molar-refractivity contribution in [3.63, 3.8) is 0 Å². The fourth-order valence-electron chi connectivity index (χ4n) is 7.90. The fraction of sp³-hybridized carbons (Fsp3) is 0.514. The number of pyridine rings is 1. The fourth-order valence-corrected chi connectivity index (χ4v) is 7.90. The normalized spacial score (nSPS) is 24.0. The molecule has 1 N–H and O–H groups in total. The molecule has 2 saturated heterocycles. The molecule has 1 aromatic heterocycles. The summed E-state index contributed by atoms with van der Waals surface area (Å²) < 4.78 is 54.1. The first-order valence-electron chi connectivity index (χ1n) is 15.9. The van der Waals surface area contributed by atoms with E-state index >= 15 is 0 Å². The minimum absolute atomic E-state index is 0.134. The number of nitrogens with zero attached hydrogens (tertiary/aromatic N) is 3. The van der Waals surface area contributed by atoms with Gasteiger partial charge >= 0.3 is 6.18 Å². The predicted molar refractivity (Wildman–Crippen MR) is 167 cm³/mol. The van der Waals surface area contributed by atoms with E-state index in [-0.39, 0.29) is 22.8 Å². The molecular formula is C35H43F3N4O2. The number of ether oxygens (including phenoxy) is 2. The second kappa shape index (κ2) is 12.6. The predicted octanol–water partition coefficient (Wildman–Crippen LogP) is 6.92. The van der Waals surface area contributed by atoms with Crippen LogP contribution >= 0.6 is 0 Å². The summed E-state index contributed by atoms with van der Waals surface area (Å²) in [6.45, 7) is 9.42. The van der Waals surface area contributed by atoms with Gasteiger partial charge < -0.3 is 19.7 Å². The van der Waals surface area contributed by atoms with Gasteiger partial charge in [0.05, 0.1) is 30.8 Å². The molecule has 3 aliphatic heterocycles. The lowest BCUT2D eigenvalue weighted by Crippen LogP contribution is -2.58. The summed E-state index contributed by atoms with van der Waals surface area (Å²) in [5.74, 6) is 0.828. The SMILES string of the molecule is CCOc1ccccc1-c1ccc2c(n1)CN(C[C@H]1CCCN1)C[C@]21CCN(c2cccc(OC)c2C(F)(F)F)C[C@H]1CC. The minimum atomic E-state index is -4.51. The topological polar surface area (TPSA) is 49.9 Å². The van der Waals surface area contributed by atoms with Crippen LogP contribution in [0.1, 0.15) is 56.4 Å². The second-order valence-electron chi connectivity index (χ2n) is 12.4. The van der Waals surface area contributed by atoms with Crippen LogP contribution in [0.3, 0.4) is 0 Å². The van der Waals surface area contributed by atoms with Crippen LogP contribution in [-0.4, -0.2) is 62.4 Å². The van der Waals surface area contributed by atoms with Crippen LogP contribution in [0.15, 0.2) is 54.6 Å². The minimum Gasteiger partial charge on any atom is -0.496 e. The molecule has 0 radical (unpaired) electrons. The third-order valence-electron chi connectivity index (χ3n) is 9.88. The van der Waals surface area contributed by atoms with E-state index in [1.807, 2.05) is 30.0 Å². The van der Waals surface area contributed by atoms with E-state index in [9.17, 15) is 13.2 Å². The second-order valence-corrected chi connectivity index (χ2v) is 12.4. The number of alkyl halides is 3. The van der Waals surface area contributed by atoms with E-state index < -0.39 is 11.7 Å². The van der Waals surface area contributed by atoms with Gasteiger partial charge in [0, 0.05) is 49.7 Å². The van der Waals surface area contributed by atoms with Crippen LogP contribution in [0, 0.1) is 5.92 Å². The number of fused-ring (bicyclic) bond motifs is 2. The van der Waals surface area contributed by atoms with Gasteiger partial charge in [0.25, 0.3) is 0 Å². The Morgan fingerprint density at radius 1 is 1.05 bits per heavy atom. The van der Waals surface area contributed by atoms with E-state index in [0.29, 0.717) is 25.7 Å². The number of anilines is 1. The van der Waals surface area contributed by atoms with Crippen LogP contribution in [-0.2, 0) is 18.1 Å². The maximum Gasteiger partial charge on any atom is 0.421 e. The number of aromatic nitrogens is 1. The number of hydrogen-bond donors (Lipinski definition) is 1. The molecule has 0 aliphatic carbocycles. The zero-order valence-electron chi connectivity index (χ0n) is 25.9. The Bertz CT molecular complexity index is 1460. The van der Waals surface area contributed by atoms with Crippen molar-refractivity contribution in [2.75, 3.05) is 51.3 Å². The number of para-hydroxylation sites is 1. The van der Waals surface area contributed by atoms with Crippen molar-refractivity contribution in [1.82, 2.24) is 15.2 Å². The molecule has 2 fully saturated rings. The Hall–Kier alpha value is -3.30. The smallest absolute Gasteiger partial charge is 0.421 e. The molecule has 44 heavy (non-hydrogen) atoms. The molecule has 1 spiro atoms. The van der Waals surface area contributed by atoms with Crippen LogP contribution in [0.5, 0.6) is 11.5 Å². The number of hydrogen-bond acceptors (Lipinski definition) is 6. The quantitative estimate of drug-likeness (QED) is 0.300. The molecule has 6 rings (SSSR count). The molecule has 9 heteroatoms. The van der Waals surface area contributed by atoms with Crippen LogP contribution < -0.4 is 19.7 Å². The van der Waals surface area contributed by atoms with Crippen molar-refractivity contribution in [2.45, 2.75) is 63.7 Å². The van der Waals surface area contributed by atoms with E-state index in [4.69, 9.17) is 14.5 Å². The third kappa shape index (κ3) is 5.76. The van der Waals surface area contributed by atoms with Gasteiger partial charge in [-0.15, -0.1) is 0 Å². The van der Waals surface area contributed by atoms with Crippen LogP contribution in [0.25, 0.3) is 11.3 Å². The zero-order valence-corrected chi connectivity index (χ0v) is 25.9. The largest absolute Gasteiger partial charge is 0.496 e. The molecular weight excluding hydrogens is 565 g/mol. The lowest BCUT2D eigenvalue weighted by molar-refractivity contribution is -0.138. The number of methoxy groups -OCH3 is 1. The van der Waals surface area contributed by atoms with E-state index in [1.54, 1.807) is 12.1 Å². The first kappa shape index (κ1) is 30.7. The van der Waals surface area contributed by atoms with Crippen molar-refractivity contribution in [2.24, 2.45) is 5.92 Å². The van der Waals surface area contributed by atoms with Crippen molar-refractivity contribution in [3.05, 3.63) is 71.4 Å². The number of piperidine rings is 1. The molecule has 6 nitrogen and oxygen atoms in total. The van der Waals surface area contributed by atoms with Gasteiger partial charge in [-0.1, -0.05) is 37.6 Å². The van der Waals surface area contributed by atoms with Crippen molar-refractivity contribution in [3.8, 4) is 22.8 Å². The average Bonchev–Trinajstić information content (AvgIpc) is 3.53. The number of rotatable bonds is 8. The Kier molecular flexibility index (Phi) is 8.79. The molecule has 0 saturated carbocycles. The highest BCUT2D eigenvalue weighted by Gasteiger charge is 2.49. The summed E-state index contributed by atoms with van der Waals surface area (Å²) in [6, 6.07) is 17.5. The summed E-state index contributed by atoms with van der Waals surface area (Å²) >= 11 is 0. The molecule has 4 heterocycles. The molecule has 3 atom stereocenters. The molecule has 0 amide bonds. The highest BCUT2D eigenvalue weighted by atomic mass is 19.4. The van der Waals surface area contributed by atoms with Gasteiger partial charge in [-0.25, -0.2) is 0 Å². The van der Waals surface area contributed by atoms with Crippen LogP contribution in [0.4, 0.5) is 18.9 Å². The van der Waals surface area contributed by atoms with Gasteiger partial charge in [0.1, 0.15) is 17.1 Å². The number of benzene rings is 2. The maximum atomic E-state index is 14.3. The summed E-state index contributed by atoms with van der Waals surface area (Å²) in [6.07, 6.45) is -0.568. The Morgan fingerprint density at radius 2 is 1.86 bits per heavy atom. The molecule has 0 bridgehead atoms. The van der Waals surface area contributed by atoms with Gasteiger partial charge in [-0.2, -0.15) is 13.2 Å². The first-order chi connectivity index (χ1) is 21.3. The van der Waals surface area contributed by atoms with Crippen molar-refractivity contribution >= 4 is 5.69 Å². The highest BCUT2D eigenvalue weighted by molar-refractivity contribution is 5.68. The molecule has 0 unspecified atom stereocenters. The summed E-state index contributed by atoms with van der Waals surface area (Å²) in [5, 5.41) is 3.66. The Labute approximate surface area is 258 Å². The van der Waals surface area contributed by atoms with E-state index in [1.165, 1.54) is 25.2 Å². The number of halogens is 3. The summed E-state index contributed by atoms with van der Waals surface area (Å²) in [7, 11) is 1.30. The summed E-state index contributed by atoms with van der Waals surface area (Å²) in [5.41, 5.74) is 3.49. The number of nitrogens with one attached hydrogen (secondary N) is 1. The Balaban J connectivity index is 1.39. The molecule has 3 aromatic rings. The van der Waals surface area contributed by atoms with Gasteiger partial charge in [0.2, 0.25) is 0 Å². The monoisotopic (exact) mass is 608 g/mol. The van der Waals surface area contributed by atoms with E-state index in [0.717, 1.165) is 68.1 Å². The van der Waals surface area contributed by atoms with Crippen molar-refractivity contribution < 1.29 is 22.6 Å². The zero-order chi connectivity index (χ0) is 30.9. The maximum absolute atomic E-state index is 14.3. The lowest BCUT2D eigenvalue weighted by Gasteiger charge is -2.54. The van der Waals surface area contributed by atoms with Crippen molar-refractivity contribution in [1.29, 1.82) is 0 Å². The molecule has 2 aromatic carbocycles. The van der Waals surface area contributed by atoms with Crippen LogP contribution in [0.2, 0.25) is 0 Å².